The number of aldehydes is 1. The Labute approximate surface area is 172 Å². The molecule has 8 saturated carbocycles. The van der Waals surface area contributed by atoms with E-state index in [-0.39, 0.29) is 5.41 Å². The van der Waals surface area contributed by atoms with Crippen molar-refractivity contribution in [1.29, 1.82) is 0 Å². The van der Waals surface area contributed by atoms with Gasteiger partial charge < -0.3 is 9.53 Å². The predicted octanol–water partition coefficient (Wildman–Crippen LogP) is 4.55. The molecule has 2 heteroatoms. The van der Waals surface area contributed by atoms with Crippen LogP contribution in [0.25, 0.3) is 0 Å². The van der Waals surface area contributed by atoms with Gasteiger partial charge in [0.2, 0.25) is 0 Å². The maximum atomic E-state index is 13.2. The first-order valence-corrected chi connectivity index (χ1v) is 12.5. The fourth-order valence-corrected chi connectivity index (χ4v) is 13.1. The molecule has 0 spiro atoms. The van der Waals surface area contributed by atoms with Gasteiger partial charge in [0, 0.05) is 0 Å². The van der Waals surface area contributed by atoms with E-state index in [4.69, 9.17) is 4.74 Å². The van der Waals surface area contributed by atoms with Gasteiger partial charge in [-0.2, -0.15) is 0 Å². The summed E-state index contributed by atoms with van der Waals surface area (Å²) in [6.45, 7) is 0.651. The Morgan fingerprint density at radius 1 is 0.724 bits per heavy atom. The van der Waals surface area contributed by atoms with Crippen LogP contribution in [0.4, 0.5) is 0 Å². The molecule has 0 amide bonds. The number of carbonyl (C=O) groups is 1. The molecular weight excluding hydrogens is 356 g/mol. The third-order valence-electron chi connectivity index (χ3n) is 12.6. The van der Waals surface area contributed by atoms with Gasteiger partial charge in [0.25, 0.3) is 0 Å². The van der Waals surface area contributed by atoms with Crippen molar-refractivity contribution in [3.05, 3.63) is 30.3 Å². The second kappa shape index (κ2) is 4.63. The highest BCUT2D eigenvalue weighted by atomic mass is 16.5. The maximum Gasteiger partial charge on any atom is 0.130 e. The summed E-state index contributed by atoms with van der Waals surface area (Å²) >= 11 is 0. The van der Waals surface area contributed by atoms with E-state index in [1.54, 1.807) is 0 Å². The minimum absolute atomic E-state index is 0.195. The summed E-state index contributed by atoms with van der Waals surface area (Å²) in [5.41, 5.74) is -0.195. The highest BCUT2D eigenvalue weighted by Gasteiger charge is 2.87. The SMILES string of the molecule is O=CC1(COc2ccccc2)[C@@H]2[C@@H]3CC[C@H]4C5C6[C@H]([C@@H]2[C@H]2[C@H]6[C@@H]6[C@@H](CC[C@H]56)[C@H]21)[C@@H]34. The van der Waals surface area contributed by atoms with Gasteiger partial charge in [-0.1, -0.05) is 18.2 Å². The fourth-order valence-electron chi connectivity index (χ4n) is 13.1. The molecule has 9 rings (SSSR count). The van der Waals surface area contributed by atoms with E-state index >= 15 is 0 Å². The Kier molecular flexibility index (Phi) is 2.47. The highest BCUT2D eigenvalue weighted by Crippen LogP contribution is 2.90. The van der Waals surface area contributed by atoms with Crippen LogP contribution in [0.5, 0.6) is 5.75 Å². The first-order chi connectivity index (χ1) is 14.3. The zero-order chi connectivity index (χ0) is 18.6. The molecule has 29 heavy (non-hydrogen) atoms. The molecule has 15 atom stereocenters. The minimum atomic E-state index is -0.195. The van der Waals surface area contributed by atoms with Crippen molar-refractivity contribution in [2.75, 3.05) is 6.61 Å². The van der Waals surface area contributed by atoms with Crippen molar-refractivity contribution in [1.82, 2.24) is 0 Å². The Morgan fingerprint density at radius 3 is 1.83 bits per heavy atom. The summed E-state index contributed by atoms with van der Waals surface area (Å²) in [6, 6.07) is 10.3. The molecule has 0 aliphatic heterocycles. The number of fused-ring (bicyclic) bond motifs is 4. The summed E-state index contributed by atoms with van der Waals surface area (Å²) in [4.78, 5) is 13.2. The predicted molar refractivity (Wildman–Crippen MR) is 108 cm³/mol. The average Bonchev–Trinajstić information content (AvgIpc) is 3.53. The van der Waals surface area contributed by atoms with Gasteiger partial charge in [-0.3, -0.25) is 0 Å². The molecule has 0 bridgehead atoms. The molecule has 150 valence electrons. The molecule has 8 fully saturated rings. The molecule has 0 saturated heterocycles. The fraction of sp³-hybridized carbons (Fsp3) is 0.741. The van der Waals surface area contributed by atoms with E-state index in [2.05, 4.69) is 24.3 Å². The zero-order valence-corrected chi connectivity index (χ0v) is 16.9. The van der Waals surface area contributed by atoms with Gasteiger partial charge in [-0.15, -0.1) is 0 Å². The van der Waals surface area contributed by atoms with E-state index in [1.807, 2.05) is 6.07 Å². The maximum absolute atomic E-state index is 13.2. The Morgan fingerprint density at radius 2 is 1.24 bits per heavy atom. The lowest BCUT2D eigenvalue weighted by atomic mass is 9.63. The van der Waals surface area contributed by atoms with E-state index < -0.39 is 0 Å². The van der Waals surface area contributed by atoms with Gasteiger partial charge in [-0.05, 0) is 121 Å². The zero-order valence-electron chi connectivity index (χ0n) is 16.9. The van der Waals surface area contributed by atoms with Gasteiger partial charge in [0.15, 0.2) is 0 Å². The third kappa shape index (κ3) is 1.35. The molecule has 0 heterocycles. The van der Waals surface area contributed by atoms with Crippen LogP contribution in [0.1, 0.15) is 25.7 Å². The van der Waals surface area contributed by atoms with Crippen LogP contribution in [0, 0.1) is 88.3 Å². The van der Waals surface area contributed by atoms with E-state index in [0.29, 0.717) is 18.4 Å². The van der Waals surface area contributed by atoms with Gasteiger partial charge in [-0.25, -0.2) is 0 Å². The smallest absolute Gasteiger partial charge is 0.130 e. The molecule has 2 nitrogen and oxygen atoms in total. The Hall–Kier alpha value is -1.31. The standard InChI is InChI=1S/C27H30O2/c28-10-27(11-29-12-4-2-1-3-5-12)25-15-8-6-13-17-14-7-9-16-19(14)22-20(17)21(18(13)15)23(25)24(22)26(16)27/h1-5,10,13-26H,6-9,11H2/t13-,14+,15-,16-,17?,18+,19-,20?,21+,22-,23-,24-,25-,26-,27?/m1/s1. The molecule has 8 aliphatic carbocycles. The largest absolute Gasteiger partial charge is 0.493 e. The summed E-state index contributed by atoms with van der Waals surface area (Å²) in [5, 5.41) is 0. The number of para-hydroxylation sites is 1. The molecule has 3 unspecified atom stereocenters. The van der Waals surface area contributed by atoms with Crippen molar-refractivity contribution in [2.24, 2.45) is 88.3 Å². The van der Waals surface area contributed by atoms with Crippen molar-refractivity contribution in [3.8, 4) is 5.75 Å². The quantitative estimate of drug-likeness (QED) is 0.710. The van der Waals surface area contributed by atoms with Crippen LogP contribution in [-0.2, 0) is 4.79 Å². The van der Waals surface area contributed by atoms with Crippen molar-refractivity contribution in [3.63, 3.8) is 0 Å². The highest BCUT2D eigenvalue weighted by molar-refractivity contribution is 5.64. The number of benzene rings is 1. The molecule has 8 aliphatic rings. The van der Waals surface area contributed by atoms with Crippen LogP contribution < -0.4 is 4.74 Å². The lowest BCUT2D eigenvalue weighted by Crippen LogP contribution is -2.45. The van der Waals surface area contributed by atoms with Crippen LogP contribution in [-0.4, -0.2) is 12.9 Å². The molecule has 0 radical (unpaired) electrons. The number of carbonyl (C=O) groups excluding carboxylic acids is 1. The van der Waals surface area contributed by atoms with Gasteiger partial charge in [0.1, 0.15) is 18.6 Å². The van der Waals surface area contributed by atoms with Crippen molar-refractivity contribution >= 4 is 6.29 Å². The average molecular weight is 387 g/mol. The van der Waals surface area contributed by atoms with Crippen LogP contribution in [0.3, 0.4) is 0 Å². The lowest BCUT2D eigenvalue weighted by molar-refractivity contribution is -0.126. The van der Waals surface area contributed by atoms with Crippen molar-refractivity contribution in [2.45, 2.75) is 25.7 Å². The molecular formula is C27H30O2. The summed E-state index contributed by atoms with van der Waals surface area (Å²) in [6.07, 6.45) is 7.28. The first kappa shape index (κ1) is 15.5. The molecule has 1 aromatic rings. The van der Waals surface area contributed by atoms with Crippen LogP contribution in [0.15, 0.2) is 30.3 Å². The third-order valence-corrected chi connectivity index (χ3v) is 12.6. The van der Waals surface area contributed by atoms with Crippen molar-refractivity contribution < 1.29 is 9.53 Å². The summed E-state index contributed by atoms with van der Waals surface area (Å²) in [7, 11) is 0. The number of ether oxygens (including phenoxy) is 1. The number of rotatable bonds is 4. The monoisotopic (exact) mass is 386 g/mol. The van der Waals surface area contributed by atoms with Crippen LogP contribution in [0.2, 0.25) is 0 Å². The van der Waals surface area contributed by atoms with Crippen LogP contribution >= 0.6 is 0 Å². The first-order valence-electron chi connectivity index (χ1n) is 12.5. The minimum Gasteiger partial charge on any atom is -0.493 e. The Balaban J connectivity index is 1.23. The second-order valence-electron chi connectivity index (χ2n) is 12.3. The lowest BCUT2D eigenvalue weighted by Gasteiger charge is -2.41. The van der Waals surface area contributed by atoms with E-state index in [1.165, 1.54) is 32.0 Å². The van der Waals surface area contributed by atoms with Gasteiger partial charge >= 0.3 is 0 Å². The number of hydrogen-bond acceptors (Lipinski definition) is 2. The molecule has 0 N–H and O–H groups in total. The molecule has 0 aromatic heterocycles. The second-order valence-corrected chi connectivity index (χ2v) is 12.3. The van der Waals surface area contributed by atoms with Gasteiger partial charge in [0.05, 0.1) is 5.41 Å². The summed E-state index contributed by atoms with van der Waals surface area (Å²) in [5.74, 6) is 13.9. The van der Waals surface area contributed by atoms with E-state index in [0.717, 1.165) is 76.8 Å². The molecule has 1 aromatic carbocycles. The number of hydrogen-bond donors (Lipinski definition) is 0. The normalized spacial score (nSPS) is 65.1. The summed E-state index contributed by atoms with van der Waals surface area (Å²) < 4.78 is 6.46. The Bertz CT molecular complexity index is 878. The topological polar surface area (TPSA) is 26.3 Å². The van der Waals surface area contributed by atoms with E-state index in [9.17, 15) is 4.79 Å².